The fourth-order valence-corrected chi connectivity index (χ4v) is 4.84. The molecule has 144 valence electrons. The van der Waals surface area contributed by atoms with E-state index < -0.39 is 27.9 Å². The standard InChI is InChI=1S/C17H19N3O6S/c1-2-18-17(24)13-7-8-16(23)20(13)27(25,26)12-5-3-11(4-6-12)19-14(21)9-10-15(19)22/h3-6,13H,2,7-10H2,1H3,(H,18,24). The van der Waals surface area contributed by atoms with Gasteiger partial charge in [-0.2, -0.15) is 0 Å². The molecule has 1 atom stereocenters. The smallest absolute Gasteiger partial charge is 0.267 e. The van der Waals surface area contributed by atoms with Crippen molar-refractivity contribution in [2.45, 2.75) is 43.5 Å². The van der Waals surface area contributed by atoms with Crippen molar-refractivity contribution in [3.8, 4) is 0 Å². The lowest BCUT2D eigenvalue weighted by molar-refractivity contribution is -0.130. The van der Waals surface area contributed by atoms with Crippen molar-refractivity contribution in [1.29, 1.82) is 0 Å². The van der Waals surface area contributed by atoms with Crippen LogP contribution in [0.2, 0.25) is 0 Å². The van der Waals surface area contributed by atoms with Crippen molar-refractivity contribution in [2.75, 3.05) is 11.4 Å². The zero-order valence-corrected chi connectivity index (χ0v) is 15.5. The molecule has 2 aliphatic rings. The molecule has 1 unspecified atom stereocenters. The first-order chi connectivity index (χ1) is 12.8. The second-order valence-electron chi connectivity index (χ2n) is 6.26. The highest BCUT2D eigenvalue weighted by Crippen LogP contribution is 2.29. The highest BCUT2D eigenvalue weighted by atomic mass is 32.2. The van der Waals surface area contributed by atoms with E-state index in [2.05, 4.69) is 5.32 Å². The van der Waals surface area contributed by atoms with Crippen LogP contribution in [0.5, 0.6) is 0 Å². The molecule has 1 aromatic rings. The van der Waals surface area contributed by atoms with E-state index in [1.54, 1.807) is 6.92 Å². The second-order valence-corrected chi connectivity index (χ2v) is 8.08. The number of imide groups is 1. The number of nitrogens with zero attached hydrogens (tertiary/aromatic N) is 2. The molecule has 2 fully saturated rings. The SMILES string of the molecule is CCNC(=O)C1CCC(=O)N1S(=O)(=O)c1ccc(N2C(=O)CCC2=O)cc1. The molecule has 9 nitrogen and oxygen atoms in total. The molecule has 0 bridgehead atoms. The molecule has 4 amide bonds. The van der Waals surface area contributed by atoms with Crippen molar-refractivity contribution in [3.63, 3.8) is 0 Å². The van der Waals surface area contributed by atoms with Gasteiger partial charge in [-0.05, 0) is 37.6 Å². The first-order valence-electron chi connectivity index (χ1n) is 8.58. The van der Waals surface area contributed by atoms with E-state index in [-0.39, 0.29) is 48.1 Å². The number of benzene rings is 1. The van der Waals surface area contributed by atoms with E-state index in [0.29, 0.717) is 10.8 Å². The van der Waals surface area contributed by atoms with E-state index in [1.807, 2.05) is 0 Å². The number of hydrogen-bond acceptors (Lipinski definition) is 6. The monoisotopic (exact) mass is 393 g/mol. The van der Waals surface area contributed by atoms with Gasteiger partial charge in [0.1, 0.15) is 6.04 Å². The summed E-state index contributed by atoms with van der Waals surface area (Å²) in [5, 5.41) is 2.54. The summed E-state index contributed by atoms with van der Waals surface area (Å²) in [7, 11) is -4.23. The van der Waals surface area contributed by atoms with E-state index in [4.69, 9.17) is 0 Å². The van der Waals surface area contributed by atoms with Crippen LogP contribution < -0.4 is 10.2 Å². The van der Waals surface area contributed by atoms with E-state index >= 15 is 0 Å². The summed E-state index contributed by atoms with van der Waals surface area (Å²) in [4.78, 5) is 48.7. The summed E-state index contributed by atoms with van der Waals surface area (Å²) >= 11 is 0. The summed E-state index contributed by atoms with van der Waals surface area (Å²) in [6.07, 6.45) is 0.333. The predicted octanol–water partition coefficient (Wildman–Crippen LogP) is 0.156. The molecule has 1 N–H and O–H groups in total. The molecule has 2 saturated heterocycles. The summed E-state index contributed by atoms with van der Waals surface area (Å²) < 4.78 is 26.4. The molecule has 2 aliphatic heterocycles. The highest BCUT2D eigenvalue weighted by Gasteiger charge is 2.44. The molecule has 0 saturated carbocycles. The zero-order valence-electron chi connectivity index (χ0n) is 14.7. The second kappa shape index (κ2) is 7.10. The largest absolute Gasteiger partial charge is 0.355 e. The highest BCUT2D eigenvalue weighted by molar-refractivity contribution is 7.89. The summed E-state index contributed by atoms with van der Waals surface area (Å²) in [5.41, 5.74) is 0.273. The molecule has 27 heavy (non-hydrogen) atoms. The van der Waals surface area contributed by atoms with Gasteiger partial charge in [0.25, 0.3) is 10.0 Å². The number of carbonyl (C=O) groups is 4. The van der Waals surface area contributed by atoms with Crippen LogP contribution in [0, 0.1) is 0 Å². The Morgan fingerprint density at radius 1 is 1.04 bits per heavy atom. The lowest BCUT2D eigenvalue weighted by atomic mass is 10.2. The van der Waals surface area contributed by atoms with Crippen LogP contribution in [-0.4, -0.2) is 48.9 Å². The van der Waals surface area contributed by atoms with Gasteiger partial charge < -0.3 is 5.32 Å². The molecule has 2 heterocycles. The van der Waals surface area contributed by atoms with Crippen LogP contribution in [-0.2, 0) is 29.2 Å². The normalized spacial score (nSPS) is 20.5. The number of likely N-dealkylation sites (N-methyl/N-ethyl adjacent to an activating group) is 1. The first kappa shape index (κ1) is 19.0. The Labute approximate surface area is 156 Å². The van der Waals surface area contributed by atoms with Crippen molar-refractivity contribution < 1.29 is 27.6 Å². The molecular formula is C17H19N3O6S. The fourth-order valence-electron chi connectivity index (χ4n) is 3.24. The average Bonchev–Trinajstić information content (AvgIpc) is 3.18. The maximum Gasteiger partial charge on any atom is 0.267 e. The third-order valence-electron chi connectivity index (χ3n) is 4.52. The molecule has 0 radical (unpaired) electrons. The topological polar surface area (TPSA) is 121 Å². The lowest BCUT2D eigenvalue weighted by Crippen LogP contribution is -2.47. The number of amides is 4. The van der Waals surface area contributed by atoms with Crippen LogP contribution in [0.15, 0.2) is 29.2 Å². The van der Waals surface area contributed by atoms with Crippen molar-refractivity contribution in [2.24, 2.45) is 0 Å². The molecule has 10 heteroatoms. The number of nitrogens with one attached hydrogen (secondary N) is 1. The number of sulfonamides is 1. The van der Waals surface area contributed by atoms with Gasteiger partial charge >= 0.3 is 0 Å². The number of anilines is 1. The van der Waals surface area contributed by atoms with Gasteiger partial charge in [-0.1, -0.05) is 0 Å². The number of hydrogen-bond donors (Lipinski definition) is 1. The van der Waals surface area contributed by atoms with Gasteiger partial charge in [0.05, 0.1) is 10.6 Å². The van der Waals surface area contributed by atoms with Gasteiger partial charge in [0, 0.05) is 25.8 Å². The minimum absolute atomic E-state index is 0.0318. The van der Waals surface area contributed by atoms with Crippen LogP contribution in [0.1, 0.15) is 32.6 Å². The number of carbonyl (C=O) groups excluding carboxylic acids is 4. The van der Waals surface area contributed by atoms with Crippen LogP contribution in [0.3, 0.4) is 0 Å². The molecular weight excluding hydrogens is 374 g/mol. The van der Waals surface area contributed by atoms with E-state index in [1.165, 1.54) is 24.3 Å². The van der Waals surface area contributed by atoms with Crippen LogP contribution >= 0.6 is 0 Å². The van der Waals surface area contributed by atoms with Crippen molar-refractivity contribution >= 4 is 39.3 Å². The third kappa shape index (κ3) is 3.32. The Kier molecular flexibility index (Phi) is 5.01. The van der Waals surface area contributed by atoms with Gasteiger partial charge in [0.2, 0.25) is 23.6 Å². The lowest BCUT2D eigenvalue weighted by Gasteiger charge is -2.24. The Bertz CT molecular complexity index is 893. The van der Waals surface area contributed by atoms with E-state index in [9.17, 15) is 27.6 Å². The summed E-state index contributed by atoms with van der Waals surface area (Å²) in [5.74, 6) is -1.85. The van der Waals surface area contributed by atoms with Crippen LogP contribution in [0.4, 0.5) is 5.69 Å². The van der Waals surface area contributed by atoms with Gasteiger partial charge in [-0.25, -0.2) is 12.7 Å². The van der Waals surface area contributed by atoms with Crippen LogP contribution in [0.25, 0.3) is 0 Å². The molecule has 0 aliphatic carbocycles. The Morgan fingerprint density at radius 2 is 1.63 bits per heavy atom. The van der Waals surface area contributed by atoms with Crippen molar-refractivity contribution in [1.82, 2.24) is 9.62 Å². The first-order valence-corrected chi connectivity index (χ1v) is 10.0. The minimum atomic E-state index is -4.23. The molecule has 1 aromatic carbocycles. The molecule has 3 rings (SSSR count). The van der Waals surface area contributed by atoms with Crippen molar-refractivity contribution in [3.05, 3.63) is 24.3 Å². The Hall–Kier alpha value is -2.75. The predicted molar refractivity (Wildman–Crippen MR) is 93.9 cm³/mol. The number of rotatable bonds is 5. The van der Waals surface area contributed by atoms with Gasteiger partial charge in [-0.3, -0.25) is 24.1 Å². The van der Waals surface area contributed by atoms with E-state index in [0.717, 1.165) is 4.90 Å². The maximum atomic E-state index is 12.9. The van der Waals surface area contributed by atoms with Gasteiger partial charge in [0.15, 0.2) is 0 Å². The summed E-state index contributed by atoms with van der Waals surface area (Å²) in [6, 6.07) is 4.06. The average molecular weight is 393 g/mol. The zero-order chi connectivity index (χ0) is 19.8. The third-order valence-corrected chi connectivity index (χ3v) is 6.36. The summed E-state index contributed by atoms with van der Waals surface area (Å²) in [6.45, 7) is 2.02. The molecule has 0 aromatic heterocycles. The van der Waals surface area contributed by atoms with Gasteiger partial charge in [-0.15, -0.1) is 0 Å². The Morgan fingerprint density at radius 3 is 2.19 bits per heavy atom. The maximum absolute atomic E-state index is 12.9. The minimum Gasteiger partial charge on any atom is -0.355 e. The Balaban J connectivity index is 1.90. The quantitative estimate of drug-likeness (QED) is 0.711. The molecule has 0 spiro atoms. The fraction of sp³-hybridized carbons (Fsp3) is 0.412.